The number of benzene rings is 1. The molecule has 1 aromatic rings. The summed E-state index contributed by atoms with van der Waals surface area (Å²) in [6.07, 6.45) is 3.59. The predicted molar refractivity (Wildman–Crippen MR) is 75.2 cm³/mol. The smallest absolute Gasteiger partial charge is 0.193 e. The monoisotopic (exact) mass is 233 g/mol. The highest BCUT2D eigenvalue weighted by molar-refractivity contribution is 5.92. The molecule has 94 valence electrons. The maximum atomic E-state index is 5.79. The van der Waals surface area contributed by atoms with Gasteiger partial charge in [-0.15, -0.1) is 0 Å². The minimum atomic E-state index is 0.501. The maximum absolute atomic E-state index is 5.79. The first-order valence-electron chi connectivity index (χ1n) is 6.30. The van der Waals surface area contributed by atoms with Gasteiger partial charge in [-0.1, -0.05) is 44.9 Å². The fraction of sp³-hybridized carbons (Fsp3) is 0.500. The van der Waals surface area contributed by atoms with Gasteiger partial charge < -0.3 is 11.1 Å². The summed E-state index contributed by atoms with van der Waals surface area (Å²) in [5, 5.41) is 3.07. The van der Waals surface area contributed by atoms with Crippen LogP contribution in [0.3, 0.4) is 0 Å². The average molecular weight is 233 g/mol. The number of nitrogens with zero attached hydrogens (tertiary/aromatic N) is 1. The fourth-order valence-corrected chi connectivity index (χ4v) is 1.57. The van der Waals surface area contributed by atoms with Crippen LogP contribution in [-0.4, -0.2) is 12.5 Å². The molecule has 0 fully saturated rings. The third kappa shape index (κ3) is 6.61. The number of anilines is 1. The van der Waals surface area contributed by atoms with Crippen molar-refractivity contribution in [3.8, 4) is 0 Å². The maximum Gasteiger partial charge on any atom is 0.193 e. The highest BCUT2D eigenvalue weighted by Crippen LogP contribution is 2.06. The molecule has 0 aromatic heterocycles. The Morgan fingerprint density at radius 3 is 2.59 bits per heavy atom. The molecule has 17 heavy (non-hydrogen) atoms. The van der Waals surface area contributed by atoms with E-state index >= 15 is 0 Å². The molecule has 0 saturated heterocycles. The molecule has 0 bridgehead atoms. The summed E-state index contributed by atoms with van der Waals surface area (Å²) < 4.78 is 0. The second kappa shape index (κ2) is 7.71. The summed E-state index contributed by atoms with van der Waals surface area (Å²) in [6, 6.07) is 9.86. The van der Waals surface area contributed by atoms with Gasteiger partial charge in [-0.2, -0.15) is 0 Å². The molecule has 0 amide bonds. The first-order valence-corrected chi connectivity index (χ1v) is 6.30. The molecule has 0 aliphatic rings. The number of nitrogens with two attached hydrogens (primary N) is 1. The van der Waals surface area contributed by atoms with Crippen LogP contribution < -0.4 is 11.1 Å². The molecule has 0 atom stereocenters. The zero-order chi connectivity index (χ0) is 12.5. The largest absolute Gasteiger partial charge is 0.370 e. The van der Waals surface area contributed by atoms with Crippen molar-refractivity contribution in [1.82, 2.24) is 0 Å². The summed E-state index contributed by atoms with van der Waals surface area (Å²) in [5.41, 5.74) is 6.77. The van der Waals surface area contributed by atoms with Crippen LogP contribution >= 0.6 is 0 Å². The molecule has 0 unspecified atom stereocenters. The van der Waals surface area contributed by atoms with Crippen LogP contribution in [0.5, 0.6) is 0 Å². The lowest BCUT2D eigenvalue weighted by Gasteiger charge is -2.05. The van der Waals surface area contributed by atoms with E-state index in [1.54, 1.807) is 0 Å². The molecule has 0 aliphatic heterocycles. The lowest BCUT2D eigenvalue weighted by molar-refractivity contribution is 0.542. The predicted octanol–water partition coefficient (Wildman–Crippen LogP) is 3.24. The molecule has 0 aliphatic carbocycles. The first-order chi connectivity index (χ1) is 8.18. The van der Waals surface area contributed by atoms with Crippen molar-refractivity contribution in [3.63, 3.8) is 0 Å². The topological polar surface area (TPSA) is 50.4 Å². The SMILES string of the molecule is CC(C)CCCCN=C(N)Nc1ccccc1. The van der Waals surface area contributed by atoms with E-state index in [1.807, 2.05) is 30.3 Å². The van der Waals surface area contributed by atoms with Crippen molar-refractivity contribution >= 4 is 11.6 Å². The first kappa shape index (κ1) is 13.6. The van der Waals surface area contributed by atoms with Crippen LogP contribution in [-0.2, 0) is 0 Å². The summed E-state index contributed by atoms with van der Waals surface area (Å²) in [7, 11) is 0. The molecular weight excluding hydrogens is 210 g/mol. The summed E-state index contributed by atoms with van der Waals surface area (Å²) in [6.45, 7) is 5.29. The van der Waals surface area contributed by atoms with Crippen LogP contribution in [0.4, 0.5) is 5.69 Å². The quantitative estimate of drug-likeness (QED) is 0.450. The summed E-state index contributed by atoms with van der Waals surface area (Å²) >= 11 is 0. The van der Waals surface area contributed by atoms with E-state index in [2.05, 4.69) is 24.2 Å². The zero-order valence-corrected chi connectivity index (χ0v) is 10.8. The Morgan fingerprint density at radius 2 is 1.94 bits per heavy atom. The number of rotatable bonds is 6. The Morgan fingerprint density at radius 1 is 1.24 bits per heavy atom. The Kier molecular flexibility index (Phi) is 6.15. The number of nitrogens with one attached hydrogen (secondary N) is 1. The van der Waals surface area contributed by atoms with Gasteiger partial charge in [0.2, 0.25) is 0 Å². The lowest BCUT2D eigenvalue weighted by atomic mass is 10.1. The minimum Gasteiger partial charge on any atom is -0.370 e. The molecule has 1 rings (SSSR count). The summed E-state index contributed by atoms with van der Waals surface area (Å²) in [4.78, 5) is 4.30. The van der Waals surface area contributed by atoms with Gasteiger partial charge in [0.25, 0.3) is 0 Å². The summed E-state index contributed by atoms with van der Waals surface area (Å²) in [5.74, 6) is 1.28. The van der Waals surface area contributed by atoms with Gasteiger partial charge in [0, 0.05) is 12.2 Å². The molecule has 1 aromatic carbocycles. The van der Waals surface area contributed by atoms with Crippen LogP contribution in [0.1, 0.15) is 33.1 Å². The zero-order valence-electron chi connectivity index (χ0n) is 10.8. The molecule has 3 N–H and O–H groups in total. The van der Waals surface area contributed by atoms with Crippen molar-refractivity contribution < 1.29 is 0 Å². The Hall–Kier alpha value is -1.51. The van der Waals surface area contributed by atoms with E-state index in [0.29, 0.717) is 5.96 Å². The molecule has 0 spiro atoms. The number of aliphatic imine (C=N–C) groups is 1. The Bertz CT molecular complexity index is 331. The van der Waals surface area contributed by atoms with Crippen LogP contribution in [0.2, 0.25) is 0 Å². The number of para-hydroxylation sites is 1. The van der Waals surface area contributed by atoms with Gasteiger partial charge in [-0.3, -0.25) is 4.99 Å². The van der Waals surface area contributed by atoms with Crippen molar-refractivity contribution in [1.29, 1.82) is 0 Å². The van der Waals surface area contributed by atoms with Gasteiger partial charge in [0.15, 0.2) is 5.96 Å². The third-order valence-electron chi connectivity index (χ3n) is 2.52. The van der Waals surface area contributed by atoms with Gasteiger partial charge in [-0.05, 0) is 24.5 Å². The minimum absolute atomic E-state index is 0.501. The van der Waals surface area contributed by atoms with Crippen LogP contribution in [0.25, 0.3) is 0 Å². The molecule has 0 radical (unpaired) electrons. The van der Waals surface area contributed by atoms with Crippen molar-refractivity contribution in [2.45, 2.75) is 33.1 Å². The van der Waals surface area contributed by atoms with Gasteiger partial charge in [0.1, 0.15) is 0 Å². The Labute approximate surface area is 104 Å². The normalized spacial score (nSPS) is 11.8. The second-order valence-corrected chi connectivity index (χ2v) is 4.65. The van der Waals surface area contributed by atoms with E-state index in [4.69, 9.17) is 5.73 Å². The third-order valence-corrected chi connectivity index (χ3v) is 2.52. The Balaban J connectivity index is 2.21. The second-order valence-electron chi connectivity index (χ2n) is 4.65. The number of unbranched alkanes of at least 4 members (excludes halogenated alkanes) is 1. The lowest BCUT2D eigenvalue weighted by Crippen LogP contribution is -2.22. The highest BCUT2D eigenvalue weighted by atomic mass is 15.1. The van der Waals surface area contributed by atoms with E-state index in [0.717, 1.165) is 24.6 Å². The van der Waals surface area contributed by atoms with E-state index in [9.17, 15) is 0 Å². The van der Waals surface area contributed by atoms with Gasteiger partial charge in [-0.25, -0.2) is 0 Å². The van der Waals surface area contributed by atoms with Crippen LogP contribution in [0.15, 0.2) is 35.3 Å². The molecular formula is C14H23N3. The van der Waals surface area contributed by atoms with E-state index in [1.165, 1.54) is 12.8 Å². The van der Waals surface area contributed by atoms with Gasteiger partial charge in [0.05, 0.1) is 0 Å². The number of hydrogen-bond donors (Lipinski definition) is 2. The van der Waals surface area contributed by atoms with Crippen molar-refractivity contribution in [2.24, 2.45) is 16.6 Å². The molecule has 0 heterocycles. The fourth-order valence-electron chi connectivity index (χ4n) is 1.57. The molecule has 3 nitrogen and oxygen atoms in total. The number of hydrogen-bond acceptors (Lipinski definition) is 1. The molecule has 0 saturated carbocycles. The van der Waals surface area contributed by atoms with E-state index in [-0.39, 0.29) is 0 Å². The highest BCUT2D eigenvalue weighted by Gasteiger charge is 1.95. The average Bonchev–Trinajstić information content (AvgIpc) is 2.29. The van der Waals surface area contributed by atoms with Crippen molar-refractivity contribution in [3.05, 3.63) is 30.3 Å². The molecule has 3 heteroatoms. The van der Waals surface area contributed by atoms with Crippen LogP contribution in [0, 0.1) is 5.92 Å². The van der Waals surface area contributed by atoms with Gasteiger partial charge >= 0.3 is 0 Å². The van der Waals surface area contributed by atoms with Crippen molar-refractivity contribution in [2.75, 3.05) is 11.9 Å². The van der Waals surface area contributed by atoms with E-state index < -0.39 is 0 Å². The standard InChI is InChI=1S/C14H23N3/c1-12(2)8-6-7-11-16-14(15)17-13-9-4-3-5-10-13/h3-5,9-10,12H,6-8,11H2,1-2H3,(H3,15,16,17). The number of guanidine groups is 1.